The molecule has 1 aromatic heterocycles. The van der Waals surface area contributed by atoms with E-state index in [0.29, 0.717) is 5.92 Å². The lowest BCUT2D eigenvalue weighted by molar-refractivity contribution is 0.687. The second kappa shape index (κ2) is 4.64. The second-order valence-electron chi connectivity index (χ2n) is 3.31. The molecule has 0 atom stereocenters. The molecule has 72 valence electrons. The molecule has 0 amide bonds. The van der Waals surface area contributed by atoms with Gasteiger partial charge in [-0.25, -0.2) is 9.97 Å². The summed E-state index contributed by atoms with van der Waals surface area (Å²) in [5.41, 5.74) is 0. The van der Waals surface area contributed by atoms with Crippen LogP contribution in [0.3, 0.4) is 0 Å². The van der Waals surface area contributed by atoms with Crippen molar-refractivity contribution in [1.82, 2.24) is 9.97 Å². The Balaban J connectivity index is 2.56. The summed E-state index contributed by atoms with van der Waals surface area (Å²) in [7, 11) is 1.84. The predicted molar refractivity (Wildman–Crippen MR) is 54.9 cm³/mol. The van der Waals surface area contributed by atoms with Gasteiger partial charge in [0.05, 0.1) is 0 Å². The van der Waals surface area contributed by atoms with E-state index < -0.39 is 0 Å². The predicted octanol–water partition coefficient (Wildman–Crippen LogP) is 1.59. The van der Waals surface area contributed by atoms with Gasteiger partial charge in [0.15, 0.2) is 0 Å². The minimum absolute atomic E-state index is 0.619. The van der Waals surface area contributed by atoms with E-state index in [4.69, 9.17) is 0 Å². The van der Waals surface area contributed by atoms with Gasteiger partial charge in [-0.2, -0.15) is 0 Å². The highest BCUT2D eigenvalue weighted by molar-refractivity contribution is 5.45. The summed E-state index contributed by atoms with van der Waals surface area (Å²) in [6, 6.07) is 1.89. The Morgan fingerprint density at radius 2 is 2.00 bits per heavy atom. The van der Waals surface area contributed by atoms with E-state index in [9.17, 15) is 0 Å². The van der Waals surface area contributed by atoms with Gasteiger partial charge in [0, 0.05) is 19.7 Å². The molecule has 0 spiro atoms. The second-order valence-corrected chi connectivity index (χ2v) is 3.31. The first-order valence-electron chi connectivity index (χ1n) is 4.46. The van der Waals surface area contributed by atoms with Gasteiger partial charge in [-0.05, 0) is 5.92 Å². The SMILES string of the molecule is CNc1cc(NCC(C)C)ncn1. The number of hydrogen-bond donors (Lipinski definition) is 2. The smallest absolute Gasteiger partial charge is 0.131 e. The van der Waals surface area contributed by atoms with E-state index in [2.05, 4.69) is 34.4 Å². The van der Waals surface area contributed by atoms with E-state index in [-0.39, 0.29) is 0 Å². The molecule has 0 saturated carbocycles. The van der Waals surface area contributed by atoms with Gasteiger partial charge in [-0.15, -0.1) is 0 Å². The quantitative estimate of drug-likeness (QED) is 0.738. The van der Waals surface area contributed by atoms with Crippen molar-refractivity contribution in [1.29, 1.82) is 0 Å². The number of aromatic nitrogens is 2. The number of hydrogen-bond acceptors (Lipinski definition) is 4. The highest BCUT2D eigenvalue weighted by atomic mass is 15.1. The number of nitrogens with zero attached hydrogens (tertiary/aromatic N) is 2. The van der Waals surface area contributed by atoms with Gasteiger partial charge in [0.25, 0.3) is 0 Å². The lowest BCUT2D eigenvalue weighted by atomic mass is 10.2. The molecule has 0 aliphatic rings. The average Bonchev–Trinajstić information content (AvgIpc) is 2.15. The van der Waals surface area contributed by atoms with Crippen molar-refractivity contribution in [3.8, 4) is 0 Å². The van der Waals surface area contributed by atoms with Crippen molar-refractivity contribution in [2.24, 2.45) is 5.92 Å². The van der Waals surface area contributed by atoms with Crippen LogP contribution in [0.4, 0.5) is 11.6 Å². The Hall–Kier alpha value is -1.32. The molecule has 4 heteroatoms. The maximum Gasteiger partial charge on any atom is 0.131 e. The molecule has 1 heterocycles. The fourth-order valence-electron chi connectivity index (χ4n) is 0.899. The molecule has 0 aliphatic heterocycles. The molecule has 1 rings (SSSR count). The zero-order valence-electron chi connectivity index (χ0n) is 8.33. The van der Waals surface area contributed by atoms with Crippen molar-refractivity contribution in [2.75, 3.05) is 24.2 Å². The topological polar surface area (TPSA) is 49.8 Å². The monoisotopic (exact) mass is 180 g/mol. The molecule has 13 heavy (non-hydrogen) atoms. The van der Waals surface area contributed by atoms with E-state index in [0.717, 1.165) is 18.2 Å². The summed E-state index contributed by atoms with van der Waals surface area (Å²) in [6.45, 7) is 5.25. The molecule has 0 fully saturated rings. The maximum atomic E-state index is 4.10. The van der Waals surface area contributed by atoms with Gasteiger partial charge in [0.1, 0.15) is 18.0 Å². The summed E-state index contributed by atoms with van der Waals surface area (Å²) >= 11 is 0. The number of rotatable bonds is 4. The lowest BCUT2D eigenvalue weighted by Crippen LogP contribution is -2.09. The van der Waals surface area contributed by atoms with E-state index in [1.807, 2.05) is 13.1 Å². The molecule has 0 unspecified atom stereocenters. The van der Waals surface area contributed by atoms with Crippen LogP contribution in [-0.2, 0) is 0 Å². The van der Waals surface area contributed by atoms with E-state index >= 15 is 0 Å². The molecule has 0 bridgehead atoms. The third-order valence-electron chi connectivity index (χ3n) is 1.61. The summed E-state index contributed by atoms with van der Waals surface area (Å²) in [5.74, 6) is 2.32. The van der Waals surface area contributed by atoms with Crippen LogP contribution in [0.15, 0.2) is 12.4 Å². The van der Waals surface area contributed by atoms with Crippen molar-refractivity contribution >= 4 is 11.6 Å². The molecular weight excluding hydrogens is 164 g/mol. The van der Waals surface area contributed by atoms with Crippen LogP contribution in [-0.4, -0.2) is 23.6 Å². The van der Waals surface area contributed by atoms with Crippen LogP contribution < -0.4 is 10.6 Å². The molecule has 1 aromatic rings. The highest BCUT2D eigenvalue weighted by Gasteiger charge is 1.97. The Labute approximate surface area is 78.8 Å². The zero-order chi connectivity index (χ0) is 9.68. The summed E-state index contributed by atoms with van der Waals surface area (Å²) in [5, 5.41) is 6.19. The van der Waals surface area contributed by atoms with Crippen molar-refractivity contribution in [3.05, 3.63) is 12.4 Å². The largest absolute Gasteiger partial charge is 0.373 e. The van der Waals surface area contributed by atoms with Crippen LogP contribution in [0.1, 0.15) is 13.8 Å². The van der Waals surface area contributed by atoms with Crippen molar-refractivity contribution in [3.63, 3.8) is 0 Å². The van der Waals surface area contributed by atoms with Gasteiger partial charge < -0.3 is 10.6 Å². The third kappa shape index (κ3) is 3.27. The first-order chi connectivity index (χ1) is 6.22. The minimum atomic E-state index is 0.619. The van der Waals surface area contributed by atoms with Crippen molar-refractivity contribution in [2.45, 2.75) is 13.8 Å². The molecular formula is C9H16N4. The molecule has 0 aromatic carbocycles. The Bertz CT molecular complexity index is 260. The molecule has 2 N–H and O–H groups in total. The molecule has 0 saturated heterocycles. The normalized spacial score (nSPS) is 10.2. The van der Waals surface area contributed by atoms with Crippen LogP contribution in [0, 0.1) is 5.92 Å². The van der Waals surface area contributed by atoms with Gasteiger partial charge in [0.2, 0.25) is 0 Å². The minimum Gasteiger partial charge on any atom is -0.373 e. The van der Waals surface area contributed by atoms with Crippen molar-refractivity contribution < 1.29 is 0 Å². The Morgan fingerprint density at radius 1 is 1.31 bits per heavy atom. The number of nitrogens with one attached hydrogen (secondary N) is 2. The van der Waals surface area contributed by atoms with Crippen LogP contribution in [0.5, 0.6) is 0 Å². The van der Waals surface area contributed by atoms with Gasteiger partial charge in [-0.1, -0.05) is 13.8 Å². The molecule has 0 aliphatic carbocycles. The van der Waals surface area contributed by atoms with E-state index in [1.165, 1.54) is 0 Å². The highest BCUT2D eigenvalue weighted by Crippen LogP contribution is 2.07. The summed E-state index contributed by atoms with van der Waals surface area (Å²) in [6.07, 6.45) is 1.55. The Kier molecular flexibility index (Phi) is 3.49. The molecule has 0 radical (unpaired) electrons. The fourth-order valence-corrected chi connectivity index (χ4v) is 0.899. The maximum absolute atomic E-state index is 4.10. The van der Waals surface area contributed by atoms with Crippen LogP contribution in [0.2, 0.25) is 0 Å². The van der Waals surface area contributed by atoms with Gasteiger partial charge in [-0.3, -0.25) is 0 Å². The van der Waals surface area contributed by atoms with E-state index in [1.54, 1.807) is 6.33 Å². The number of anilines is 2. The molecule has 4 nitrogen and oxygen atoms in total. The fraction of sp³-hybridized carbons (Fsp3) is 0.556. The standard InChI is InChI=1S/C9H16N4/c1-7(2)5-11-9-4-8(10-3)12-6-13-9/h4,6-7H,5H2,1-3H3,(H2,10,11,12,13). The Morgan fingerprint density at radius 3 is 2.62 bits per heavy atom. The summed E-state index contributed by atoms with van der Waals surface area (Å²) < 4.78 is 0. The first-order valence-corrected chi connectivity index (χ1v) is 4.46. The van der Waals surface area contributed by atoms with Crippen LogP contribution in [0.25, 0.3) is 0 Å². The van der Waals surface area contributed by atoms with Crippen LogP contribution >= 0.6 is 0 Å². The zero-order valence-corrected chi connectivity index (χ0v) is 8.33. The third-order valence-corrected chi connectivity index (χ3v) is 1.61. The first kappa shape index (κ1) is 9.77. The average molecular weight is 180 g/mol. The summed E-state index contributed by atoms with van der Waals surface area (Å²) in [4.78, 5) is 8.12. The lowest BCUT2D eigenvalue weighted by Gasteiger charge is -2.08. The van der Waals surface area contributed by atoms with Gasteiger partial charge >= 0.3 is 0 Å².